The van der Waals surface area contributed by atoms with Gasteiger partial charge in [0.25, 0.3) is 11.6 Å². The molecule has 1 amide bonds. The van der Waals surface area contributed by atoms with Crippen molar-refractivity contribution in [3.05, 3.63) is 75.6 Å². The molecule has 2 atom stereocenters. The summed E-state index contributed by atoms with van der Waals surface area (Å²) in [5.41, 5.74) is 0.778. The average Bonchev–Trinajstić information content (AvgIpc) is 3.15. The number of hydrogen-bond donors (Lipinski definition) is 0. The quantitative estimate of drug-likeness (QED) is 0.278. The molecule has 0 aliphatic carbocycles. The fourth-order valence-corrected chi connectivity index (χ4v) is 7.13. The van der Waals surface area contributed by atoms with E-state index in [1.807, 2.05) is 13.8 Å². The fourth-order valence-electron chi connectivity index (χ4n) is 4.43. The van der Waals surface area contributed by atoms with Gasteiger partial charge in [-0.2, -0.15) is 9.30 Å². The maximum atomic E-state index is 13.1. The zero-order valence-electron chi connectivity index (χ0n) is 19.5. The lowest BCUT2D eigenvalue weighted by atomic mass is 9.94. The number of sulfonamides is 1. The number of non-ortho nitro benzene ring substituents is 1. The molecule has 9 nitrogen and oxygen atoms in total. The van der Waals surface area contributed by atoms with Crippen molar-refractivity contribution in [3.8, 4) is 0 Å². The molecule has 1 aromatic heterocycles. The van der Waals surface area contributed by atoms with Crippen LogP contribution in [0.4, 0.5) is 5.69 Å². The summed E-state index contributed by atoms with van der Waals surface area (Å²) in [5, 5.41) is 11.2. The van der Waals surface area contributed by atoms with Gasteiger partial charge < -0.3 is 4.57 Å². The van der Waals surface area contributed by atoms with Gasteiger partial charge in [-0.05, 0) is 48.6 Å². The number of carbonyl (C=O) groups is 1. The van der Waals surface area contributed by atoms with E-state index in [1.165, 1.54) is 52.0 Å². The predicted molar refractivity (Wildman–Crippen MR) is 135 cm³/mol. The van der Waals surface area contributed by atoms with Crippen molar-refractivity contribution in [2.45, 2.75) is 31.7 Å². The first-order chi connectivity index (χ1) is 16.6. The van der Waals surface area contributed by atoms with Crippen molar-refractivity contribution in [2.75, 3.05) is 13.1 Å². The van der Waals surface area contributed by atoms with Crippen LogP contribution in [0.2, 0.25) is 0 Å². The Morgan fingerprint density at radius 3 is 2.46 bits per heavy atom. The van der Waals surface area contributed by atoms with E-state index in [9.17, 15) is 23.3 Å². The van der Waals surface area contributed by atoms with Gasteiger partial charge in [-0.1, -0.05) is 31.3 Å². The Kier molecular flexibility index (Phi) is 7.02. The van der Waals surface area contributed by atoms with Gasteiger partial charge in [-0.3, -0.25) is 14.9 Å². The van der Waals surface area contributed by atoms with Gasteiger partial charge in [-0.15, -0.1) is 6.58 Å². The summed E-state index contributed by atoms with van der Waals surface area (Å²) in [7, 11) is -3.65. The summed E-state index contributed by atoms with van der Waals surface area (Å²) >= 11 is 1.24. The second kappa shape index (κ2) is 9.84. The molecule has 0 saturated carbocycles. The maximum Gasteiger partial charge on any atom is 0.279 e. The maximum absolute atomic E-state index is 13.1. The second-order valence-electron chi connectivity index (χ2n) is 8.90. The first-order valence-electron chi connectivity index (χ1n) is 11.2. The highest BCUT2D eigenvalue weighted by atomic mass is 32.2. The first kappa shape index (κ1) is 25.0. The van der Waals surface area contributed by atoms with E-state index in [1.54, 1.807) is 16.7 Å². The summed E-state index contributed by atoms with van der Waals surface area (Å²) in [5.74, 6) is 0.0457. The van der Waals surface area contributed by atoms with Crippen LogP contribution in [0.15, 0.2) is 65.0 Å². The van der Waals surface area contributed by atoms with Gasteiger partial charge >= 0.3 is 0 Å². The van der Waals surface area contributed by atoms with Crippen molar-refractivity contribution in [2.24, 2.45) is 16.8 Å². The van der Waals surface area contributed by atoms with Crippen LogP contribution in [-0.2, 0) is 16.6 Å². The largest absolute Gasteiger partial charge is 0.312 e. The van der Waals surface area contributed by atoms with Crippen molar-refractivity contribution >= 4 is 43.2 Å². The van der Waals surface area contributed by atoms with E-state index in [0.29, 0.717) is 30.0 Å². The van der Waals surface area contributed by atoms with Gasteiger partial charge in [-0.25, -0.2) is 8.42 Å². The van der Waals surface area contributed by atoms with E-state index < -0.39 is 20.9 Å². The van der Waals surface area contributed by atoms with Gasteiger partial charge in [0.05, 0.1) is 20.0 Å². The summed E-state index contributed by atoms with van der Waals surface area (Å²) in [4.78, 5) is 28.3. The molecule has 0 spiro atoms. The highest BCUT2D eigenvalue weighted by Gasteiger charge is 2.31. The number of nitro benzene ring substituents is 1. The Bertz CT molecular complexity index is 1460. The topological polar surface area (TPSA) is 115 Å². The molecule has 2 aromatic carbocycles. The van der Waals surface area contributed by atoms with E-state index in [2.05, 4.69) is 11.6 Å². The number of carbonyl (C=O) groups excluding carboxylic acids is 1. The Morgan fingerprint density at radius 1 is 1.20 bits per heavy atom. The third kappa shape index (κ3) is 5.12. The number of amides is 1. The van der Waals surface area contributed by atoms with Crippen LogP contribution in [-0.4, -0.2) is 41.2 Å². The fraction of sp³-hybridized carbons (Fsp3) is 0.333. The van der Waals surface area contributed by atoms with Gasteiger partial charge in [0.15, 0.2) is 4.80 Å². The highest BCUT2D eigenvalue weighted by molar-refractivity contribution is 7.89. The Labute approximate surface area is 207 Å². The minimum atomic E-state index is -3.65. The SMILES string of the molecule is C=CCn1c(=NC(=O)c2ccc(S(=O)(=O)N3CC(C)CC(C)C3)cc2)sc2ccc([N+](=O)[O-])cc21. The zero-order valence-corrected chi connectivity index (χ0v) is 21.1. The third-order valence-corrected chi connectivity index (χ3v) is 8.86. The molecular weight excluding hydrogens is 488 g/mol. The molecule has 4 rings (SSSR count). The monoisotopic (exact) mass is 514 g/mol. The van der Waals surface area contributed by atoms with Crippen LogP contribution >= 0.6 is 11.3 Å². The van der Waals surface area contributed by atoms with E-state index in [4.69, 9.17) is 0 Å². The molecular formula is C24H26N4O5S2. The minimum Gasteiger partial charge on any atom is -0.312 e. The molecule has 11 heteroatoms. The van der Waals surface area contributed by atoms with Gasteiger partial charge in [0.1, 0.15) is 0 Å². The van der Waals surface area contributed by atoms with Crippen molar-refractivity contribution < 1.29 is 18.1 Å². The summed E-state index contributed by atoms with van der Waals surface area (Å²) in [6, 6.07) is 10.3. The van der Waals surface area contributed by atoms with Crippen LogP contribution < -0.4 is 4.80 Å². The lowest BCUT2D eigenvalue weighted by Gasteiger charge is -2.34. The Morgan fingerprint density at radius 2 is 1.86 bits per heavy atom. The highest BCUT2D eigenvalue weighted by Crippen LogP contribution is 2.27. The lowest BCUT2D eigenvalue weighted by molar-refractivity contribution is -0.384. The van der Waals surface area contributed by atoms with Crippen LogP contribution in [0.3, 0.4) is 0 Å². The molecule has 1 saturated heterocycles. The molecule has 1 aliphatic rings. The normalized spacial score (nSPS) is 19.7. The molecule has 2 unspecified atom stereocenters. The number of piperidine rings is 1. The Balaban J connectivity index is 1.65. The van der Waals surface area contributed by atoms with Crippen LogP contribution in [0.1, 0.15) is 30.6 Å². The van der Waals surface area contributed by atoms with Gasteiger partial charge in [0.2, 0.25) is 10.0 Å². The Hall–Kier alpha value is -3.15. The standard InChI is InChI=1S/C24H26N4O5S2/c1-4-11-27-21-13-19(28(30)31)7-10-22(21)34-24(27)25-23(29)18-5-8-20(9-6-18)35(32,33)26-14-16(2)12-17(3)15-26/h4-10,13,16-17H,1,11-12,14-15H2,2-3H3. The number of hydrogen-bond acceptors (Lipinski definition) is 6. The number of aromatic nitrogens is 1. The third-order valence-electron chi connectivity index (χ3n) is 5.96. The number of rotatable bonds is 6. The average molecular weight is 515 g/mol. The number of nitrogens with zero attached hydrogens (tertiary/aromatic N) is 4. The molecule has 2 heterocycles. The molecule has 0 radical (unpaired) electrons. The molecule has 35 heavy (non-hydrogen) atoms. The lowest BCUT2D eigenvalue weighted by Crippen LogP contribution is -2.42. The van der Waals surface area contributed by atoms with Crippen molar-refractivity contribution in [1.29, 1.82) is 0 Å². The molecule has 3 aromatic rings. The molecule has 184 valence electrons. The molecule has 1 aliphatic heterocycles. The number of fused-ring (bicyclic) bond motifs is 1. The molecule has 1 fully saturated rings. The first-order valence-corrected chi connectivity index (χ1v) is 13.4. The van der Waals surface area contributed by atoms with Crippen molar-refractivity contribution in [3.63, 3.8) is 0 Å². The van der Waals surface area contributed by atoms with Crippen molar-refractivity contribution in [1.82, 2.24) is 8.87 Å². The van der Waals surface area contributed by atoms with Crippen LogP contribution in [0, 0.1) is 22.0 Å². The second-order valence-corrected chi connectivity index (χ2v) is 11.8. The smallest absolute Gasteiger partial charge is 0.279 e. The van der Waals surface area contributed by atoms with E-state index in [-0.39, 0.29) is 28.0 Å². The number of benzene rings is 2. The molecule has 0 N–H and O–H groups in total. The van der Waals surface area contributed by atoms with Crippen LogP contribution in [0.5, 0.6) is 0 Å². The zero-order chi connectivity index (χ0) is 25.3. The summed E-state index contributed by atoms with van der Waals surface area (Å²) < 4.78 is 30.2. The van der Waals surface area contributed by atoms with E-state index >= 15 is 0 Å². The summed E-state index contributed by atoms with van der Waals surface area (Å²) in [6.45, 7) is 9.10. The van der Waals surface area contributed by atoms with E-state index in [0.717, 1.165) is 11.1 Å². The van der Waals surface area contributed by atoms with Crippen LogP contribution in [0.25, 0.3) is 10.2 Å². The number of nitro groups is 1. The number of thiazole rings is 1. The van der Waals surface area contributed by atoms with Gasteiger partial charge in [0, 0.05) is 37.3 Å². The number of allylic oxidation sites excluding steroid dienone is 1. The minimum absolute atomic E-state index is 0.0553. The summed E-state index contributed by atoms with van der Waals surface area (Å²) in [6.07, 6.45) is 2.62. The molecule has 0 bridgehead atoms. The predicted octanol–water partition coefficient (Wildman–Crippen LogP) is 4.20.